The van der Waals surface area contributed by atoms with Crippen LogP contribution in [0.25, 0.3) is 0 Å². The highest BCUT2D eigenvalue weighted by Crippen LogP contribution is 2.22. The van der Waals surface area contributed by atoms with Gasteiger partial charge in [0.1, 0.15) is 5.76 Å². The third-order valence-electron chi connectivity index (χ3n) is 2.81. The highest BCUT2D eigenvalue weighted by Gasteiger charge is 2.04. The van der Waals surface area contributed by atoms with Gasteiger partial charge in [-0.1, -0.05) is 17.7 Å². The van der Waals surface area contributed by atoms with Crippen LogP contribution in [0.3, 0.4) is 0 Å². The van der Waals surface area contributed by atoms with Crippen molar-refractivity contribution in [2.45, 2.75) is 13.5 Å². The molecule has 0 aliphatic heterocycles. The number of hydrogen-bond donors (Lipinski definition) is 4. The molecule has 0 saturated heterocycles. The second kappa shape index (κ2) is 7.98. The summed E-state index contributed by atoms with van der Waals surface area (Å²) in [6.45, 7) is 2.41. The van der Waals surface area contributed by atoms with E-state index in [-0.39, 0.29) is 0 Å². The second-order valence-corrected chi connectivity index (χ2v) is 5.60. The minimum atomic E-state index is 0.382. The first-order chi connectivity index (χ1) is 10.6. The lowest BCUT2D eigenvalue weighted by molar-refractivity contribution is 0.502. The Kier molecular flexibility index (Phi) is 6.00. The minimum absolute atomic E-state index is 0.382. The number of nitrogens with one attached hydrogen (secondary N) is 4. The van der Waals surface area contributed by atoms with Gasteiger partial charge in [-0.05, 0) is 61.2 Å². The van der Waals surface area contributed by atoms with Gasteiger partial charge in [-0.25, -0.2) is 0 Å². The summed E-state index contributed by atoms with van der Waals surface area (Å²) >= 11 is 16.4. The molecule has 4 N–H and O–H groups in total. The van der Waals surface area contributed by atoms with Crippen molar-refractivity contribution in [3.63, 3.8) is 0 Å². The summed E-state index contributed by atoms with van der Waals surface area (Å²) in [5, 5.41) is 7.49. The Bertz CT molecular complexity index is 661. The van der Waals surface area contributed by atoms with Gasteiger partial charge in [0, 0.05) is 10.7 Å². The monoisotopic (exact) mass is 354 g/mol. The van der Waals surface area contributed by atoms with Gasteiger partial charge < -0.3 is 15.1 Å². The maximum atomic E-state index is 6.06. The lowest BCUT2D eigenvalue weighted by Crippen LogP contribution is -2.48. The molecular formula is C14H15ClN4OS2. The second-order valence-electron chi connectivity index (χ2n) is 4.38. The summed E-state index contributed by atoms with van der Waals surface area (Å²) in [6.07, 6.45) is 1.61. The zero-order chi connectivity index (χ0) is 15.9. The lowest BCUT2D eigenvalue weighted by Gasteiger charge is -2.15. The van der Waals surface area contributed by atoms with E-state index in [2.05, 4.69) is 21.5 Å². The van der Waals surface area contributed by atoms with Crippen LogP contribution in [-0.2, 0) is 6.54 Å². The van der Waals surface area contributed by atoms with Crippen LogP contribution in [0.15, 0.2) is 41.0 Å². The molecule has 1 aromatic heterocycles. The van der Waals surface area contributed by atoms with Crippen LogP contribution in [0.1, 0.15) is 11.3 Å². The molecule has 22 heavy (non-hydrogen) atoms. The van der Waals surface area contributed by atoms with E-state index in [4.69, 9.17) is 40.5 Å². The van der Waals surface area contributed by atoms with Crippen molar-refractivity contribution in [1.29, 1.82) is 0 Å². The number of furan rings is 1. The van der Waals surface area contributed by atoms with Crippen molar-refractivity contribution in [2.24, 2.45) is 0 Å². The normalized spacial score (nSPS) is 9.91. The van der Waals surface area contributed by atoms with Gasteiger partial charge in [0.05, 0.1) is 12.8 Å². The summed E-state index contributed by atoms with van der Waals surface area (Å²) in [5.74, 6) is 0.791. The molecule has 0 amide bonds. The molecule has 0 radical (unpaired) electrons. The number of anilines is 1. The number of benzene rings is 1. The van der Waals surface area contributed by atoms with Gasteiger partial charge in [-0.15, -0.1) is 0 Å². The SMILES string of the molecule is Cc1c(Cl)cccc1NC(=S)NNC(=S)NCc1ccco1. The highest BCUT2D eigenvalue weighted by atomic mass is 35.5. The smallest absolute Gasteiger partial charge is 0.189 e. The Hall–Kier alpha value is -1.83. The van der Waals surface area contributed by atoms with E-state index in [1.54, 1.807) is 6.26 Å². The maximum Gasteiger partial charge on any atom is 0.189 e. The molecule has 0 fully saturated rings. The average molecular weight is 355 g/mol. The van der Waals surface area contributed by atoms with Crippen molar-refractivity contribution in [2.75, 3.05) is 5.32 Å². The minimum Gasteiger partial charge on any atom is -0.467 e. The van der Waals surface area contributed by atoms with Crippen molar-refractivity contribution in [1.82, 2.24) is 16.2 Å². The molecule has 1 heterocycles. The Morgan fingerprint density at radius 1 is 1.14 bits per heavy atom. The summed E-state index contributed by atoms with van der Waals surface area (Å²) in [6, 6.07) is 9.24. The largest absolute Gasteiger partial charge is 0.467 e. The van der Waals surface area contributed by atoms with Crippen LogP contribution < -0.4 is 21.5 Å². The van der Waals surface area contributed by atoms with Crippen LogP contribution in [0, 0.1) is 6.92 Å². The molecule has 116 valence electrons. The molecular weight excluding hydrogens is 340 g/mol. The van der Waals surface area contributed by atoms with Gasteiger partial charge in [0.25, 0.3) is 0 Å². The zero-order valence-corrected chi connectivity index (χ0v) is 14.2. The molecule has 0 saturated carbocycles. The average Bonchev–Trinajstić information content (AvgIpc) is 3.01. The van der Waals surface area contributed by atoms with E-state index in [0.29, 0.717) is 21.8 Å². The van der Waals surface area contributed by atoms with E-state index >= 15 is 0 Å². The van der Waals surface area contributed by atoms with Gasteiger partial charge in [0.15, 0.2) is 10.2 Å². The number of halogens is 1. The van der Waals surface area contributed by atoms with E-state index in [0.717, 1.165) is 17.0 Å². The molecule has 0 aliphatic rings. The Morgan fingerprint density at radius 2 is 1.91 bits per heavy atom. The topological polar surface area (TPSA) is 61.3 Å². The standard InChI is InChI=1S/C14H15ClN4OS2/c1-9-11(15)5-2-6-12(9)17-14(22)19-18-13(21)16-8-10-4-3-7-20-10/h2-7H,8H2,1H3,(H2,16,18,21)(H2,17,19,22). The zero-order valence-electron chi connectivity index (χ0n) is 11.8. The van der Waals surface area contributed by atoms with Gasteiger partial charge in [-0.2, -0.15) is 0 Å². The predicted octanol–water partition coefficient (Wildman–Crippen LogP) is 3.11. The van der Waals surface area contributed by atoms with Crippen LogP contribution in [0.2, 0.25) is 5.02 Å². The molecule has 1 aromatic carbocycles. The van der Waals surface area contributed by atoms with Crippen LogP contribution >= 0.6 is 36.0 Å². The third-order valence-corrected chi connectivity index (χ3v) is 3.67. The molecule has 0 unspecified atom stereocenters. The molecule has 2 aromatic rings. The molecule has 5 nitrogen and oxygen atoms in total. The first-order valence-electron chi connectivity index (χ1n) is 6.44. The number of hydrazine groups is 1. The van der Waals surface area contributed by atoms with E-state index < -0.39 is 0 Å². The number of thiocarbonyl (C=S) groups is 2. The molecule has 0 atom stereocenters. The summed E-state index contributed by atoms with van der Waals surface area (Å²) in [4.78, 5) is 0. The van der Waals surface area contributed by atoms with Crippen molar-refractivity contribution < 1.29 is 4.42 Å². The molecule has 0 spiro atoms. The fraction of sp³-hybridized carbons (Fsp3) is 0.143. The van der Waals surface area contributed by atoms with E-state index in [1.807, 2.05) is 37.3 Å². The van der Waals surface area contributed by atoms with Crippen LogP contribution in [0.5, 0.6) is 0 Å². The predicted molar refractivity (Wildman–Crippen MR) is 96.8 cm³/mol. The third kappa shape index (κ3) is 4.87. The van der Waals surface area contributed by atoms with Gasteiger partial charge >= 0.3 is 0 Å². The summed E-state index contributed by atoms with van der Waals surface area (Å²) < 4.78 is 5.19. The van der Waals surface area contributed by atoms with Gasteiger partial charge in [0.2, 0.25) is 0 Å². The Balaban J connectivity index is 1.75. The number of hydrogen-bond acceptors (Lipinski definition) is 3. The van der Waals surface area contributed by atoms with Gasteiger partial charge in [-0.3, -0.25) is 10.9 Å². The Labute approximate surface area is 144 Å². The Morgan fingerprint density at radius 3 is 2.64 bits per heavy atom. The van der Waals surface area contributed by atoms with Crippen molar-refractivity contribution in [3.05, 3.63) is 52.9 Å². The lowest BCUT2D eigenvalue weighted by atomic mass is 10.2. The quantitative estimate of drug-likeness (QED) is 0.499. The van der Waals surface area contributed by atoms with E-state index in [9.17, 15) is 0 Å². The fourth-order valence-corrected chi connectivity index (χ4v) is 2.09. The molecule has 8 heteroatoms. The maximum absolute atomic E-state index is 6.06. The highest BCUT2D eigenvalue weighted by molar-refractivity contribution is 7.80. The molecule has 0 aliphatic carbocycles. The van der Waals surface area contributed by atoms with E-state index in [1.165, 1.54) is 0 Å². The molecule has 0 bridgehead atoms. The summed E-state index contributed by atoms with van der Waals surface area (Å²) in [5.41, 5.74) is 7.35. The van der Waals surface area contributed by atoms with Crippen molar-refractivity contribution in [3.8, 4) is 0 Å². The first-order valence-corrected chi connectivity index (χ1v) is 7.64. The van der Waals surface area contributed by atoms with Crippen molar-refractivity contribution >= 4 is 51.9 Å². The fourth-order valence-electron chi connectivity index (χ4n) is 1.63. The summed E-state index contributed by atoms with van der Waals surface area (Å²) in [7, 11) is 0. The van der Waals surface area contributed by atoms with Crippen LogP contribution in [-0.4, -0.2) is 10.2 Å². The molecule has 2 rings (SSSR count). The number of rotatable bonds is 3. The van der Waals surface area contributed by atoms with Crippen LogP contribution in [0.4, 0.5) is 5.69 Å². The first kappa shape index (κ1) is 16.5.